The second kappa shape index (κ2) is 6.71. The van der Waals surface area contributed by atoms with Gasteiger partial charge in [-0.1, -0.05) is 36.8 Å². The van der Waals surface area contributed by atoms with Crippen LogP contribution in [-0.4, -0.2) is 25.0 Å². The molecular weight excluding hydrogens is 236 g/mol. The standard InChI is InChI=1S/C16H24N2O/c1-12-5-3-7-14(9-12)10-16(19)18-11-15-13(2)6-4-8-17-15/h3,5,7,9,13,15,17H,4,6,8,10-11H2,1-2H3,(H,18,19)/t13-,15+/m1/s1. The second-order valence-electron chi connectivity index (χ2n) is 5.65. The van der Waals surface area contributed by atoms with Crippen molar-refractivity contribution in [2.75, 3.05) is 13.1 Å². The van der Waals surface area contributed by atoms with Crippen LogP contribution in [0.2, 0.25) is 0 Å². The van der Waals surface area contributed by atoms with Crippen molar-refractivity contribution in [3.63, 3.8) is 0 Å². The molecule has 1 aromatic rings. The number of nitrogens with one attached hydrogen (secondary N) is 2. The Kier molecular flexibility index (Phi) is 4.97. The summed E-state index contributed by atoms with van der Waals surface area (Å²) in [5, 5.41) is 6.53. The van der Waals surface area contributed by atoms with E-state index in [1.807, 2.05) is 12.1 Å². The maximum absolute atomic E-state index is 11.9. The Balaban J connectivity index is 1.78. The topological polar surface area (TPSA) is 41.1 Å². The van der Waals surface area contributed by atoms with Crippen molar-refractivity contribution in [1.29, 1.82) is 0 Å². The number of hydrogen-bond donors (Lipinski definition) is 2. The zero-order valence-corrected chi connectivity index (χ0v) is 11.9. The minimum Gasteiger partial charge on any atom is -0.354 e. The molecule has 0 aliphatic carbocycles. The van der Waals surface area contributed by atoms with Crippen LogP contribution >= 0.6 is 0 Å². The van der Waals surface area contributed by atoms with Gasteiger partial charge in [0.05, 0.1) is 6.42 Å². The summed E-state index contributed by atoms with van der Waals surface area (Å²) in [5.74, 6) is 0.762. The van der Waals surface area contributed by atoms with Crippen LogP contribution in [-0.2, 0) is 11.2 Å². The molecule has 1 heterocycles. The maximum Gasteiger partial charge on any atom is 0.224 e. The average molecular weight is 260 g/mol. The number of piperidine rings is 1. The van der Waals surface area contributed by atoms with E-state index in [0.717, 1.165) is 18.7 Å². The number of benzene rings is 1. The molecule has 104 valence electrons. The molecule has 0 unspecified atom stereocenters. The van der Waals surface area contributed by atoms with Crippen molar-refractivity contribution in [1.82, 2.24) is 10.6 Å². The van der Waals surface area contributed by atoms with Gasteiger partial charge in [0.25, 0.3) is 0 Å². The van der Waals surface area contributed by atoms with Gasteiger partial charge in [-0.3, -0.25) is 4.79 Å². The summed E-state index contributed by atoms with van der Waals surface area (Å²) in [5.41, 5.74) is 2.29. The largest absolute Gasteiger partial charge is 0.354 e. The smallest absolute Gasteiger partial charge is 0.224 e. The highest BCUT2D eigenvalue weighted by Crippen LogP contribution is 2.14. The maximum atomic E-state index is 11.9. The summed E-state index contributed by atoms with van der Waals surface area (Å²) < 4.78 is 0. The number of carbonyl (C=O) groups excluding carboxylic acids is 1. The number of rotatable bonds is 4. The predicted octanol–water partition coefficient (Wildman–Crippen LogP) is 2.04. The van der Waals surface area contributed by atoms with Crippen LogP contribution in [0.5, 0.6) is 0 Å². The molecule has 0 aromatic heterocycles. The number of hydrogen-bond acceptors (Lipinski definition) is 2. The molecule has 1 aliphatic rings. The van der Waals surface area contributed by atoms with Crippen LogP contribution in [0, 0.1) is 12.8 Å². The van der Waals surface area contributed by atoms with Crippen molar-refractivity contribution in [2.45, 2.75) is 39.2 Å². The Bertz CT molecular complexity index is 431. The molecule has 2 N–H and O–H groups in total. The first-order valence-electron chi connectivity index (χ1n) is 7.21. The third kappa shape index (κ3) is 4.35. The Hall–Kier alpha value is -1.35. The van der Waals surface area contributed by atoms with E-state index in [4.69, 9.17) is 0 Å². The molecule has 2 atom stereocenters. The van der Waals surface area contributed by atoms with Crippen LogP contribution in [0.15, 0.2) is 24.3 Å². The Morgan fingerprint density at radius 2 is 2.32 bits per heavy atom. The van der Waals surface area contributed by atoms with Gasteiger partial charge in [-0.2, -0.15) is 0 Å². The van der Waals surface area contributed by atoms with E-state index in [9.17, 15) is 4.79 Å². The van der Waals surface area contributed by atoms with E-state index in [1.165, 1.54) is 18.4 Å². The Morgan fingerprint density at radius 3 is 3.05 bits per heavy atom. The Labute approximate surface area is 115 Å². The molecule has 0 radical (unpaired) electrons. The van der Waals surface area contributed by atoms with Gasteiger partial charge in [0.2, 0.25) is 5.91 Å². The van der Waals surface area contributed by atoms with E-state index >= 15 is 0 Å². The highest BCUT2D eigenvalue weighted by atomic mass is 16.1. The lowest BCUT2D eigenvalue weighted by atomic mass is 9.93. The van der Waals surface area contributed by atoms with E-state index in [2.05, 4.69) is 36.6 Å². The molecule has 2 rings (SSSR count). The van der Waals surface area contributed by atoms with Crippen molar-refractivity contribution in [2.24, 2.45) is 5.92 Å². The summed E-state index contributed by atoms with van der Waals surface area (Å²) in [6.07, 6.45) is 2.98. The lowest BCUT2D eigenvalue weighted by Gasteiger charge is -2.30. The quantitative estimate of drug-likeness (QED) is 0.870. The van der Waals surface area contributed by atoms with Gasteiger partial charge in [0.15, 0.2) is 0 Å². The molecule has 1 amide bonds. The highest BCUT2D eigenvalue weighted by Gasteiger charge is 2.20. The Morgan fingerprint density at radius 1 is 1.47 bits per heavy atom. The third-order valence-electron chi connectivity index (χ3n) is 3.90. The molecular formula is C16H24N2O. The lowest BCUT2D eigenvalue weighted by Crippen LogP contribution is -2.48. The molecule has 1 aliphatic heterocycles. The monoisotopic (exact) mass is 260 g/mol. The zero-order valence-electron chi connectivity index (χ0n) is 11.9. The molecule has 3 heteroatoms. The molecule has 1 aromatic carbocycles. The van der Waals surface area contributed by atoms with Gasteiger partial charge >= 0.3 is 0 Å². The summed E-state index contributed by atoms with van der Waals surface area (Å²) in [6, 6.07) is 8.56. The first-order valence-corrected chi connectivity index (χ1v) is 7.21. The molecule has 1 fully saturated rings. The number of aryl methyl sites for hydroxylation is 1. The minimum atomic E-state index is 0.116. The van der Waals surface area contributed by atoms with Gasteiger partial charge in [-0.25, -0.2) is 0 Å². The van der Waals surface area contributed by atoms with Crippen LogP contribution in [0.3, 0.4) is 0 Å². The first kappa shape index (κ1) is 14.1. The molecule has 0 bridgehead atoms. The SMILES string of the molecule is Cc1cccc(CC(=O)NC[C@@H]2NCCC[C@H]2C)c1. The summed E-state index contributed by atoms with van der Waals surface area (Å²) in [6.45, 7) is 6.12. The van der Waals surface area contributed by atoms with E-state index in [-0.39, 0.29) is 5.91 Å². The highest BCUT2D eigenvalue weighted by molar-refractivity contribution is 5.78. The van der Waals surface area contributed by atoms with Crippen molar-refractivity contribution in [3.05, 3.63) is 35.4 Å². The molecule has 3 nitrogen and oxygen atoms in total. The van der Waals surface area contributed by atoms with Gasteiger partial charge in [0, 0.05) is 12.6 Å². The van der Waals surface area contributed by atoms with Crippen LogP contribution in [0.4, 0.5) is 0 Å². The molecule has 0 saturated carbocycles. The predicted molar refractivity (Wildman–Crippen MR) is 78.1 cm³/mol. The summed E-state index contributed by atoms with van der Waals surface area (Å²) in [7, 11) is 0. The fourth-order valence-electron chi connectivity index (χ4n) is 2.68. The van der Waals surface area contributed by atoms with Crippen LogP contribution in [0.25, 0.3) is 0 Å². The fourth-order valence-corrected chi connectivity index (χ4v) is 2.68. The molecule has 1 saturated heterocycles. The van der Waals surface area contributed by atoms with E-state index in [1.54, 1.807) is 0 Å². The lowest BCUT2D eigenvalue weighted by molar-refractivity contribution is -0.120. The fraction of sp³-hybridized carbons (Fsp3) is 0.562. The van der Waals surface area contributed by atoms with Crippen LogP contribution in [0.1, 0.15) is 30.9 Å². The van der Waals surface area contributed by atoms with Crippen LogP contribution < -0.4 is 10.6 Å². The van der Waals surface area contributed by atoms with Crippen molar-refractivity contribution >= 4 is 5.91 Å². The number of amides is 1. The normalized spacial score (nSPS) is 23.1. The third-order valence-corrected chi connectivity index (χ3v) is 3.90. The van der Waals surface area contributed by atoms with E-state index < -0.39 is 0 Å². The van der Waals surface area contributed by atoms with Crippen molar-refractivity contribution < 1.29 is 4.79 Å². The number of carbonyl (C=O) groups is 1. The van der Waals surface area contributed by atoms with Gasteiger partial charge in [-0.05, 0) is 37.8 Å². The summed E-state index contributed by atoms with van der Waals surface area (Å²) in [4.78, 5) is 11.9. The van der Waals surface area contributed by atoms with Gasteiger partial charge in [0.1, 0.15) is 0 Å². The molecule has 19 heavy (non-hydrogen) atoms. The van der Waals surface area contributed by atoms with Gasteiger partial charge in [-0.15, -0.1) is 0 Å². The first-order chi connectivity index (χ1) is 9.15. The van der Waals surface area contributed by atoms with Gasteiger partial charge < -0.3 is 10.6 Å². The molecule has 0 spiro atoms. The zero-order chi connectivity index (χ0) is 13.7. The van der Waals surface area contributed by atoms with E-state index in [0.29, 0.717) is 18.4 Å². The minimum absolute atomic E-state index is 0.116. The average Bonchev–Trinajstić information content (AvgIpc) is 2.38. The summed E-state index contributed by atoms with van der Waals surface area (Å²) >= 11 is 0. The van der Waals surface area contributed by atoms with Crippen molar-refractivity contribution in [3.8, 4) is 0 Å². The second-order valence-corrected chi connectivity index (χ2v) is 5.65.